The summed E-state index contributed by atoms with van der Waals surface area (Å²) >= 11 is 3.41. The third kappa shape index (κ3) is 2.52. The number of nitrogens with zero attached hydrogens (tertiary/aromatic N) is 2. The molecule has 0 unspecified atom stereocenters. The first-order valence-electron chi connectivity index (χ1n) is 6.63. The van der Waals surface area contributed by atoms with Crippen LogP contribution in [-0.2, 0) is 0 Å². The molecule has 3 rings (SSSR count). The molecule has 1 aliphatic rings. The highest BCUT2D eigenvalue weighted by Gasteiger charge is 2.22. The monoisotopic (exact) mass is 321 g/mol. The molecule has 2 aromatic rings. The van der Waals surface area contributed by atoms with E-state index >= 15 is 0 Å². The van der Waals surface area contributed by atoms with Gasteiger partial charge in [0.1, 0.15) is 0 Å². The number of nitrogen functional groups attached to an aromatic ring is 1. The van der Waals surface area contributed by atoms with E-state index in [1.165, 1.54) is 19.3 Å². The summed E-state index contributed by atoms with van der Waals surface area (Å²) in [4.78, 5) is 4.53. The van der Waals surface area contributed by atoms with Gasteiger partial charge in [-0.05, 0) is 40.9 Å². The number of benzene rings is 1. The summed E-state index contributed by atoms with van der Waals surface area (Å²) in [6.45, 7) is 0. The van der Waals surface area contributed by atoms with Gasteiger partial charge in [-0.25, -0.2) is 0 Å². The lowest BCUT2D eigenvalue weighted by Crippen LogP contribution is -2.06. The molecule has 1 aromatic heterocycles. The molecular formula is C14H16BrN3O. The van der Waals surface area contributed by atoms with Gasteiger partial charge in [0.05, 0.1) is 11.3 Å². The van der Waals surface area contributed by atoms with Gasteiger partial charge in [0.25, 0.3) is 5.89 Å². The molecule has 1 heterocycles. The van der Waals surface area contributed by atoms with Crippen molar-refractivity contribution in [2.75, 3.05) is 5.73 Å². The molecule has 0 spiro atoms. The molecule has 0 aliphatic heterocycles. The molecule has 100 valence electrons. The molecule has 1 aromatic carbocycles. The fraction of sp³-hybridized carbons (Fsp3) is 0.429. The zero-order chi connectivity index (χ0) is 13.2. The highest BCUT2D eigenvalue weighted by atomic mass is 79.9. The molecule has 0 amide bonds. The average Bonchev–Trinajstić information content (AvgIpc) is 2.92. The summed E-state index contributed by atoms with van der Waals surface area (Å²) in [5.41, 5.74) is 7.46. The maximum atomic E-state index is 6.03. The number of nitrogens with two attached hydrogens (primary N) is 1. The van der Waals surface area contributed by atoms with E-state index in [1.807, 2.05) is 18.2 Å². The molecule has 1 fully saturated rings. The average molecular weight is 322 g/mol. The summed E-state index contributed by atoms with van der Waals surface area (Å²) in [5.74, 6) is 1.79. The van der Waals surface area contributed by atoms with Gasteiger partial charge in [-0.15, -0.1) is 0 Å². The Bertz CT molecular complexity index is 576. The number of hydrogen-bond acceptors (Lipinski definition) is 4. The normalized spacial score (nSPS) is 16.7. The van der Waals surface area contributed by atoms with Crippen molar-refractivity contribution in [1.82, 2.24) is 10.1 Å². The maximum Gasteiger partial charge on any atom is 0.260 e. The first-order chi connectivity index (χ1) is 9.25. The number of anilines is 1. The second-order valence-electron chi connectivity index (χ2n) is 4.99. The first kappa shape index (κ1) is 12.7. The van der Waals surface area contributed by atoms with E-state index in [0.29, 0.717) is 17.5 Å². The van der Waals surface area contributed by atoms with Crippen molar-refractivity contribution in [3.63, 3.8) is 0 Å². The predicted octanol–water partition coefficient (Wildman–Crippen LogP) is 4.13. The minimum atomic E-state index is 0.444. The maximum absolute atomic E-state index is 6.03. The van der Waals surface area contributed by atoms with Crippen molar-refractivity contribution in [1.29, 1.82) is 0 Å². The highest BCUT2D eigenvalue weighted by Crippen LogP contribution is 2.34. The van der Waals surface area contributed by atoms with Crippen LogP contribution in [0.3, 0.4) is 0 Å². The highest BCUT2D eigenvalue weighted by molar-refractivity contribution is 9.10. The van der Waals surface area contributed by atoms with Gasteiger partial charge in [-0.2, -0.15) is 4.98 Å². The van der Waals surface area contributed by atoms with Crippen molar-refractivity contribution in [3.8, 4) is 11.5 Å². The SMILES string of the molecule is Nc1c(Br)cccc1-c1nc(C2CCCCC2)no1. The van der Waals surface area contributed by atoms with Crippen LogP contribution in [0.15, 0.2) is 27.2 Å². The number of para-hydroxylation sites is 1. The number of hydrogen-bond donors (Lipinski definition) is 1. The van der Waals surface area contributed by atoms with Crippen LogP contribution >= 0.6 is 15.9 Å². The molecule has 19 heavy (non-hydrogen) atoms. The largest absolute Gasteiger partial charge is 0.397 e. The fourth-order valence-electron chi connectivity index (χ4n) is 2.59. The van der Waals surface area contributed by atoms with Crippen molar-refractivity contribution in [2.24, 2.45) is 0 Å². The topological polar surface area (TPSA) is 64.9 Å². The molecule has 0 bridgehead atoms. The summed E-state index contributed by atoms with van der Waals surface area (Å²) < 4.78 is 6.23. The second-order valence-corrected chi connectivity index (χ2v) is 5.85. The quantitative estimate of drug-likeness (QED) is 0.844. The number of rotatable bonds is 2. The van der Waals surface area contributed by atoms with Crippen molar-refractivity contribution < 1.29 is 4.52 Å². The van der Waals surface area contributed by atoms with Gasteiger partial charge >= 0.3 is 0 Å². The van der Waals surface area contributed by atoms with Gasteiger partial charge in [0.15, 0.2) is 5.82 Å². The number of aromatic nitrogens is 2. The lowest BCUT2D eigenvalue weighted by Gasteiger charge is -2.17. The van der Waals surface area contributed by atoms with E-state index in [1.54, 1.807) is 0 Å². The van der Waals surface area contributed by atoms with Gasteiger partial charge in [0.2, 0.25) is 0 Å². The Morgan fingerprint density at radius 3 is 2.79 bits per heavy atom. The Hall–Kier alpha value is -1.36. The molecule has 2 N–H and O–H groups in total. The lowest BCUT2D eigenvalue weighted by atomic mass is 9.89. The van der Waals surface area contributed by atoms with Crippen LogP contribution in [0, 0.1) is 0 Å². The van der Waals surface area contributed by atoms with Crippen LogP contribution in [-0.4, -0.2) is 10.1 Å². The Kier molecular flexibility index (Phi) is 3.55. The molecule has 4 nitrogen and oxygen atoms in total. The molecule has 5 heteroatoms. The third-order valence-corrected chi connectivity index (χ3v) is 4.39. The van der Waals surface area contributed by atoms with Crippen LogP contribution < -0.4 is 5.73 Å². The van der Waals surface area contributed by atoms with Crippen molar-refractivity contribution in [3.05, 3.63) is 28.5 Å². The van der Waals surface area contributed by atoms with Gasteiger partial charge in [-0.3, -0.25) is 0 Å². The van der Waals surface area contributed by atoms with Crippen LogP contribution in [0.5, 0.6) is 0 Å². The van der Waals surface area contributed by atoms with E-state index in [9.17, 15) is 0 Å². The minimum absolute atomic E-state index is 0.444. The van der Waals surface area contributed by atoms with Crippen LogP contribution in [0.2, 0.25) is 0 Å². The Morgan fingerprint density at radius 2 is 2.00 bits per heavy atom. The van der Waals surface area contributed by atoms with Gasteiger partial charge < -0.3 is 10.3 Å². The molecule has 0 radical (unpaired) electrons. The summed E-state index contributed by atoms with van der Waals surface area (Å²) in [6.07, 6.45) is 6.15. The van der Waals surface area contributed by atoms with E-state index in [-0.39, 0.29) is 0 Å². The molecule has 1 aliphatic carbocycles. The van der Waals surface area contributed by atoms with Gasteiger partial charge in [-0.1, -0.05) is 30.5 Å². The molecule has 0 saturated heterocycles. The zero-order valence-electron chi connectivity index (χ0n) is 10.6. The van der Waals surface area contributed by atoms with Gasteiger partial charge in [0, 0.05) is 10.4 Å². The standard InChI is InChI=1S/C14H16BrN3O/c15-11-8-4-7-10(12(11)16)14-17-13(18-19-14)9-5-2-1-3-6-9/h4,7-9H,1-3,5-6,16H2. The molecular weight excluding hydrogens is 306 g/mol. The zero-order valence-corrected chi connectivity index (χ0v) is 12.2. The first-order valence-corrected chi connectivity index (χ1v) is 7.43. The Morgan fingerprint density at radius 1 is 1.21 bits per heavy atom. The Labute approximate surface area is 120 Å². The van der Waals surface area contributed by atoms with E-state index in [0.717, 1.165) is 28.7 Å². The molecule has 1 saturated carbocycles. The lowest BCUT2D eigenvalue weighted by molar-refractivity contribution is 0.385. The van der Waals surface area contributed by atoms with Crippen LogP contribution in [0.25, 0.3) is 11.5 Å². The predicted molar refractivity (Wildman–Crippen MR) is 77.7 cm³/mol. The fourth-order valence-corrected chi connectivity index (χ4v) is 2.96. The van der Waals surface area contributed by atoms with E-state index in [2.05, 4.69) is 26.1 Å². The van der Waals surface area contributed by atoms with Crippen LogP contribution in [0.4, 0.5) is 5.69 Å². The summed E-state index contributed by atoms with van der Waals surface area (Å²) in [6, 6.07) is 5.72. The number of halogens is 1. The minimum Gasteiger partial charge on any atom is -0.397 e. The summed E-state index contributed by atoms with van der Waals surface area (Å²) in [7, 11) is 0. The van der Waals surface area contributed by atoms with Crippen LogP contribution in [0.1, 0.15) is 43.8 Å². The summed E-state index contributed by atoms with van der Waals surface area (Å²) in [5, 5.41) is 4.13. The van der Waals surface area contributed by atoms with E-state index in [4.69, 9.17) is 10.3 Å². The molecule has 0 atom stereocenters. The third-order valence-electron chi connectivity index (χ3n) is 3.70. The second kappa shape index (κ2) is 5.33. The van der Waals surface area contributed by atoms with Crippen molar-refractivity contribution in [2.45, 2.75) is 38.0 Å². The van der Waals surface area contributed by atoms with E-state index < -0.39 is 0 Å². The van der Waals surface area contributed by atoms with Crippen molar-refractivity contribution >= 4 is 21.6 Å². The smallest absolute Gasteiger partial charge is 0.260 e. The Balaban J connectivity index is 1.90.